The zero-order valence-electron chi connectivity index (χ0n) is 10.7. The van der Waals surface area contributed by atoms with Gasteiger partial charge < -0.3 is 0 Å². The Labute approximate surface area is 124 Å². The monoisotopic (exact) mass is 339 g/mol. The predicted molar refractivity (Wildman–Crippen MR) is 80.4 cm³/mol. The van der Waals surface area contributed by atoms with Crippen molar-refractivity contribution in [2.45, 2.75) is 19.9 Å². The second-order valence-electron chi connectivity index (χ2n) is 3.98. The summed E-state index contributed by atoms with van der Waals surface area (Å²) in [5.41, 5.74) is 1.61. The number of thioether (sulfide) groups is 1. The average Bonchev–Trinajstić information content (AvgIpc) is 2.81. The third-order valence-electron chi connectivity index (χ3n) is 2.77. The van der Waals surface area contributed by atoms with E-state index in [1.165, 1.54) is 11.8 Å². The van der Waals surface area contributed by atoms with Crippen molar-refractivity contribution in [3.05, 3.63) is 46.2 Å². The molecule has 1 heterocycles. The highest BCUT2D eigenvalue weighted by Crippen LogP contribution is 2.25. The van der Waals surface area contributed by atoms with Gasteiger partial charge in [-0.05, 0) is 34.2 Å². The number of halogens is 1. The van der Waals surface area contributed by atoms with Crippen LogP contribution >= 0.6 is 27.7 Å². The topological polar surface area (TPSA) is 47.8 Å². The molecule has 2 rings (SSSR count). The molecule has 1 atom stereocenters. The van der Waals surface area contributed by atoms with Crippen LogP contribution in [0.3, 0.4) is 0 Å². The van der Waals surface area contributed by atoms with Crippen molar-refractivity contribution in [3.8, 4) is 0 Å². The molecule has 0 aliphatic heterocycles. The van der Waals surface area contributed by atoms with Gasteiger partial charge in [0.25, 0.3) is 0 Å². The molecule has 0 spiro atoms. The minimum Gasteiger partial charge on any atom is -0.280 e. The van der Waals surface area contributed by atoms with E-state index in [4.69, 9.17) is 0 Å². The van der Waals surface area contributed by atoms with Crippen LogP contribution in [0, 0.1) is 0 Å². The van der Waals surface area contributed by atoms with Crippen LogP contribution in [0.15, 0.2) is 34.9 Å². The van der Waals surface area contributed by atoms with E-state index >= 15 is 0 Å². The number of hydrogen-bond donors (Lipinski definition) is 0. The molecule has 1 aromatic heterocycles. The zero-order valence-corrected chi connectivity index (χ0v) is 13.1. The molecule has 1 aromatic carbocycles. The second kappa shape index (κ2) is 6.34. The van der Waals surface area contributed by atoms with E-state index in [1.54, 1.807) is 4.68 Å². The van der Waals surface area contributed by atoms with Crippen molar-refractivity contribution >= 4 is 32.8 Å². The van der Waals surface area contributed by atoms with E-state index in [0.29, 0.717) is 10.3 Å². The molecule has 4 nitrogen and oxygen atoms in total. The molecule has 2 aromatic rings. The Hall–Kier alpha value is -1.14. The molecule has 0 saturated carbocycles. The van der Waals surface area contributed by atoms with Crippen LogP contribution in [0.5, 0.6) is 0 Å². The minimum atomic E-state index is -0.0311. The molecule has 0 aliphatic carbocycles. The van der Waals surface area contributed by atoms with Crippen LogP contribution in [0.4, 0.5) is 0 Å². The summed E-state index contributed by atoms with van der Waals surface area (Å²) in [6, 6.07) is 9.91. The Balaban J connectivity index is 2.38. The largest absolute Gasteiger partial charge is 0.280 e. The van der Waals surface area contributed by atoms with Gasteiger partial charge >= 0.3 is 0 Å². The zero-order chi connectivity index (χ0) is 13.8. The van der Waals surface area contributed by atoms with Crippen LogP contribution in [0.25, 0.3) is 0 Å². The Morgan fingerprint density at radius 1 is 1.42 bits per heavy atom. The van der Waals surface area contributed by atoms with Gasteiger partial charge in [0.05, 0.1) is 6.04 Å². The summed E-state index contributed by atoms with van der Waals surface area (Å²) >= 11 is 4.56. The standard InChI is InChI=1S/C13H14BrN3OS/c1-3-19-13(18)11-12(14)15-16-17(11)9(2)10-7-5-4-6-8-10/h4-9H,3H2,1-2H3/t9-/m1/s1. The summed E-state index contributed by atoms with van der Waals surface area (Å²) in [6.45, 7) is 3.95. The molecule has 0 N–H and O–H groups in total. The second-order valence-corrected chi connectivity index (χ2v) is 5.97. The van der Waals surface area contributed by atoms with Gasteiger partial charge in [0.15, 0.2) is 10.3 Å². The first kappa shape index (κ1) is 14.3. The normalized spacial score (nSPS) is 12.4. The summed E-state index contributed by atoms with van der Waals surface area (Å²) < 4.78 is 2.17. The van der Waals surface area contributed by atoms with Gasteiger partial charge in [0.2, 0.25) is 5.12 Å². The van der Waals surface area contributed by atoms with Crippen LogP contribution in [0.2, 0.25) is 0 Å². The maximum Gasteiger partial charge on any atom is 0.240 e. The van der Waals surface area contributed by atoms with Crippen molar-refractivity contribution in [1.29, 1.82) is 0 Å². The molecule has 0 unspecified atom stereocenters. The lowest BCUT2D eigenvalue weighted by Crippen LogP contribution is -2.14. The van der Waals surface area contributed by atoms with E-state index in [9.17, 15) is 4.79 Å². The molecule has 0 radical (unpaired) electrons. The molecular formula is C13H14BrN3OS. The number of hydrogen-bond acceptors (Lipinski definition) is 4. The number of benzene rings is 1. The van der Waals surface area contributed by atoms with Crippen molar-refractivity contribution in [3.63, 3.8) is 0 Å². The highest BCUT2D eigenvalue weighted by molar-refractivity contribution is 9.10. The summed E-state index contributed by atoms with van der Waals surface area (Å²) in [6.07, 6.45) is 0. The Morgan fingerprint density at radius 3 is 2.74 bits per heavy atom. The molecule has 100 valence electrons. The summed E-state index contributed by atoms with van der Waals surface area (Å²) in [4.78, 5) is 12.1. The molecule has 19 heavy (non-hydrogen) atoms. The van der Waals surface area contributed by atoms with Crippen molar-refractivity contribution in [2.24, 2.45) is 0 Å². The fourth-order valence-electron chi connectivity index (χ4n) is 1.80. The van der Waals surface area contributed by atoms with Gasteiger partial charge in [0.1, 0.15) is 0 Å². The van der Waals surface area contributed by atoms with Crippen LogP contribution < -0.4 is 0 Å². The number of nitrogens with zero attached hydrogens (tertiary/aromatic N) is 3. The van der Waals surface area contributed by atoms with Crippen LogP contribution in [0.1, 0.15) is 35.9 Å². The summed E-state index contributed by atoms with van der Waals surface area (Å²) in [7, 11) is 0. The highest BCUT2D eigenvalue weighted by Gasteiger charge is 2.22. The predicted octanol–water partition coefficient (Wildman–Crippen LogP) is 3.54. The summed E-state index contributed by atoms with van der Waals surface area (Å²) in [5.74, 6) is 0.732. The number of rotatable bonds is 4. The van der Waals surface area contributed by atoms with Crippen LogP contribution in [-0.4, -0.2) is 25.9 Å². The van der Waals surface area contributed by atoms with Gasteiger partial charge in [-0.2, -0.15) is 0 Å². The fourth-order valence-corrected chi connectivity index (χ4v) is 2.95. The molecule has 6 heteroatoms. The van der Waals surface area contributed by atoms with E-state index in [0.717, 1.165) is 11.3 Å². The molecule has 0 amide bonds. The molecule has 0 aliphatic rings. The maximum absolute atomic E-state index is 12.1. The fraction of sp³-hybridized carbons (Fsp3) is 0.308. The lowest BCUT2D eigenvalue weighted by atomic mass is 10.1. The first-order valence-corrected chi connectivity index (χ1v) is 7.75. The average molecular weight is 340 g/mol. The summed E-state index contributed by atoms with van der Waals surface area (Å²) in [5, 5.41) is 8.03. The highest BCUT2D eigenvalue weighted by atomic mass is 79.9. The van der Waals surface area contributed by atoms with E-state index in [1.807, 2.05) is 44.2 Å². The van der Waals surface area contributed by atoms with Gasteiger partial charge in [0, 0.05) is 0 Å². The first-order chi connectivity index (χ1) is 9.15. The number of aromatic nitrogens is 3. The van der Waals surface area contributed by atoms with Crippen molar-refractivity contribution in [1.82, 2.24) is 15.0 Å². The van der Waals surface area contributed by atoms with Crippen molar-refractivity contribution in [2.75, 3.05) is 5.75 Å². The van der Waals surface area contributed by atoms with E-state index in [2.05, 4.69) is 26.2 Å². The SMILES string of the molecule is CCSC(=O)c1c(Br)nnn1[C@H](C)c1ccccc1. The Morgan fingerprint density at radius 2 is 2.11 bits per heavy atom. The maximum atomic E-state index is 12.1. The minimum absolute atomic E-state index is 0.0119. The van der Waals surface area contributed by atoms with Crippen LogP contribution in [-0.2, 0) is 0 Å². The third kappa shape index (κ3) is 3.06. The van der Waals surface area contributed by atoms with Gasteiger partial charge in [-0.1, -0.05) is 54.2 Å². The van der Waals surface area contributed by atoms with Crippen molar-refractivity contribution < 1.29 is 4.79 Å². The lowest BCUT2D eigenvalue weighted by molar-refractivity contribution is 0.107. The van der Waals surface area contributed by atoms with E-state index in [-0.39, 0.29) is 11.2 Å². The molecular weight excluding hydrogens is 326 g/mol. The lowest BCUT2D eigenvalue weighted by Gasteiger charge is -2.14. The molecule has 0 fully saturated rings. The third-order valence-corrected chi connectivity index (χ3v) is 4.05. The quantitative estimate of drug-likeness (QED) is 0.854. The number of carbonyl (C=O) groups is 1. The van der Waals surface area contributed by atoms with Gasteiger partial charge in [-0.25, -0.2) is 4.68 Å². The molecule has 0 saturated heterocycles. The molecule has 0 bridgehead atoms. The Bertz CT molecular complexity index is 571. The van der Waals surface area contributed by atoms with E-state index < -0.39 is 0 Å². The van der Waals surface area contributed by atoms with Gasteiger partial charge in [-0.15, -0.1) is 5.10 Å². The number of carbonyl (C=O) groups excluding carboxylic acids is 1. The Kier molecular flexibility index (Phi) is 4.76. The van der Waals surface area contributed by atoms with Gasteiger partial charge in [-0.3, -0.25) is 4.79 Å². The first-order valence-electron chi connectivity index (χ1n) is 5.98. The smallest absolute Gasteiger partial charge is 0.240 e.